The topological polar surface area (TPSA) is 60.2 Å². The number of nitrogens with one attached hydrogen (secondary N) is 1. The molecule has 3 N–H and O–H groups in total. The van der Waals surface area contributed by atoms with Crippen LogP contribution >= 0.6 is 11.3 Å². The first kappa shape index (κ1) is 14.4. The minimum Gasteiger partial charge on any atom is -0.375 e. The maximum absolute atomic E-state index is 6.20. The number of hydrazine groups is 1. The molecule has 3 rings (SSSR count). The van der Waals surface area contributed by atoms with Crippen molar-refractivity contribution < 1.29 is 4.74 Å². The number of ether oxygens (including phenoxy) is 1. The summed E-state index contributed by atoms with van der Waals surface area (Å²) in [7, 11) is 0. The first-order valence-corrected chi connectivity index (χ1v) is 8.62. The third kappa shape index (κ3) is 2.77. The summed E-state index contributed by atoms with van der Waals surface area (Å²) in [6.45, 7) is 2.95. The van der Waals surface area contributed by atoms with Gasteiger partial charge in [0, 0.05) is 11.5 Å². The van der Waals surface area contributed by atoms with Crippen LogP contribution in [0.2, 0.25) is 0 Å². The van der Waals surface area contributed by atoms with Gasteiger partial charge in [0.2, 0.25) is 0 Å². The van der Waals surface area contributed by atoms with Crippen molar-refractivity contribution in [2.45, 2.75) is 63.5 Å². The Labute approximate surface area is 125 Å². The first-order chi connectivity index (χ1) is 9.74. The summed E-state index contributed by atoms with van der Waals surface area (Å²) < 4.78 is 6.20. The zero-order valence-electron chi connectivity index (χ0n) is 12.2. The maximum atomic E-state index is 6.20. The monoisotopic (exact) mass is 295 g/mol. The van der Waals surface area contributed by atoms with Gasteiger partial charge in [-0.1, -0.05) is 19.3 Å². The van der Waals surface area contributed by atoms with Crippen LogP contribution in [0.3, 0.4) is 0 Å². The molecule has 1 spiro atoms. The number of hydrogen-bond donors (Lipinski definition) is 2. The molecule has 1 saturated heterocycles. The number of thiazole rings is 1. The van der Waals surface area contributed by atoms with E-state index in [1.807, 2.05) is 5.51 Å². The number of aryl methyl sites for hydroxylation is 1. The van der Waals surface area contributed by atoms with Crippen LogP contribution < -0.4 is 11.3 Å². The van der Waals surface area contributed by atoms with Crippen LogP contribution in [0.4, 0.5) is 0 Å². The van der Waals surface area contributed by atoms with E-state index in [9.17, 15) is 0 Å². The molecule has 2 fully saturated rings. The summed E-state index contributed by atoms with van der Waals surface area (Å²) >= 11 is 1.72. The van der Waals surface area contributed by atoms with Crippen LogP contribution in [-0.4, -0.2) is 17.2 Å². The molecule has 1 aliphatic heterocycles. The highest BCUT2D eigenvalue weighted by molar-refractivity contribution is 7.09. The molecule has 0 bridgehead atoms. The smallest absolute Gasteiger partial charge is 0.0798 e. The SMILES string of the molecule is Cc1ncsc1C(NN)C1CCOC2(CCCCC2)C1. The van der Waals surface area contributed by atoms with Gasteiger partial charge in [-0.2, -0.15) is 0 Å². The van der Waals surface area contributed by atoms with Gasteiger partial charge in [-0.15, -0.1) is 11.3 Å². The Morgan fingerprint density at radius 1 is 1.45 bits per heavy atom. The average Bonchev–Trinajstić information content (AvgIpc) is 2.87. The van der Waals surface area contributed by atoms with Gasteiger partial charge in [-0.3, -0.25) is 11.3 Å². The molecule has 112 valence electrons. The highest BCUT2D eigenvalue weighted by Crippen LogP contribution is 2.44. The molecule has 1 aliphatic carbocycles. The largest absolute Gasteiger partial charge is 0.375 e. The number of aromatic nitrogens is 1. The van der Waals surface area contributed by atoms with Gasteiger partial charge in [-0.05, 0) is 38.5 Å². The zero-order chi connectivity index (χ0) is 14.0. The molecule has 2 heterocycles. The third-order valence-corrected chi connectivity index (χ3v) is 6.03. The number of nitrogens with two attached hydrogens (primary N) is 1. The summed E-state index contributed by atoms with van der Waals surface area (Å²) in [5, 5.41) is 0. The molecule has 1 saturated carbocycles. The van der Waals surface area contributed by atoms with Crippen LogP contribution in [0.1, 0.15) is 61.6 Å². The van der Waals surface area contributed by atoms with E-state index in [0.717, 1.165) is 25.1 Å². The molecule has 2 unspecified atom stereocenters. The van der Waals surface area contributed by atoms with E-state index in [2.05, 4.69) is 17.3 Å². The summed E-state index contributed by atoms with van der Waals surface area (Å²) in [6.07, 6.45) is 8.67. The summed E-state index contributed by atoms with van der Waals surface area (Å²) in [5.74, 6) is 6.43. The van der Waals surface area contributed by atoms with Gasteiger partial charge in [-0.25, -0.2) is 4.98 Å². The molecule has 0 radical (unpaired) electrons. The third-order valence-electron chi connectivity index (χ3n) is 5.01. The number of nitrogens with zero attached hydrogens (tertiary/aromatic N) is 1. The normalized spacial score (nSPS) is 27.6. The number of rotatable bonds is 3. The Bertz CT molecular complexity index is 437. The predicted molar refractivity (Wildman–Crippen MR) is 81.4 cm³/mol. The Balaban J connectivity index is 1.76. The minimum atomic E-state index is 0.134. The number of hydrogen-bond acceptors (Lipinski definition) is 5. The average molecular weight is 295 g/mol. The Morgan fingerprint density at radius 2 is 2.25 bits per heavy atom. The molecular weight excluding hydrogens is 270 g/mol. The predicted octanol–water partition coefficient (Wildman–Crippen LogP) is 3.09. The van der Waals surface area contributed by atoms with Gasteiger partial charge < -0.3 is 4.74 Å². The van der Waals surface area contributed by atoms with Crippen molar-refractivity contribution in [3.05, 3.63) is 16.1 Å². The Morgan fingerprint density at radius 3 is 2.90 bits per heavy atom. The van der Waals surface area contributed by atoms with E-state index in [1.165, 1.54) is 37.0 Å². The van der Waals surface area contributed by atoms with E-state index in [1.54, 1.807) is 11.3 Å². The Kier molecular flexibility index (Phi) is 4.40. The van der Waals surface area contributed by atoms with Crippen molar-refractivity contribution in [2.24, 2.45) is 11.8 Å². The molecule has 0 amide bonds. The van der Waals surface area contributed by atoms with Crippen molar-refractivity contribution in [2.75, 3.05) is 6.61 Å². The molecular formula is C15H25N3OS. The molecule has 4 nitrogen and oxygen atoms in total. The molecule has 1 aromatic rings. The molecule has 2 atom stereocenters. The second kappa shape index (κ2) is 6.10. The first-order valence-electron chi connectivity index (χ1n) is 7.74. The van der Waals surface area contributed by atoms with Gasteiger partial charge in [0.1, 0.15) is 0 Å². The fourth-order valence-corrected chi connectivity index (χ4v) is 4.88. The Hall–Kier alpha value is -0.490. The lowest BCUT2D eigenvalue weighted by Gasteiger charge is -2.45. The second-order valence-electron chi connectivity index (χ2n) is 6.29. The lowest BCUT2D eigenvalue weighted by molar-refractivity contribution is -0.122. The van der Waals surface area contributed by atoms with E-state index in [-0.39, 0.29) is 11.6 Å². The fraction of sp³-hybridized carbons (Fsp3) is 0.800. The van der Waals surface area contributed by atoms with Crippen LogP contribution in [0, 0.1) is 12.8 Å². The highest BCUT2D eigenvalue weighted by Gasteiger charge is 2.41. The van der Waals surface area contributed by atoms with Crippen molar-refractivity contribution in [3.63, 3.8) is 0 Å². The van der Waals surface area contributed by atoms with E-state index < -0.39 is 0 Å². The van der Waals surface area contributed by atoms with Crippen molar-refractivity contribution in [3.8, 4) is 0 Å². The van der Waals surface area contributed by atoms with Crippen LogP contribution in [-0.2, 0) is 4.74 Å². The van der Waals surface area contributed by atoms with Crippen LogP contribution in [0.15, 0.2) is 5.51 Å². The molecule has 0 aromatic carbocycles. The molecule has 5 heteroatoms. The molecule has 1 aromatic heterocycles. The van der Waals surface area contributed by atoms with E-state index >= 15 is 0 Å². The lowest BCUT2D eigenvalue weighted by Crippen LogP contribution is -2.45. The van der Waals surface area contributed by atoms with E-state index in [0.29, 0.717) is 5.92 Å². The quantitative estimate of drug-likeness (QED) is 0.664. The van der Waals surface area contributed by atoms with Gasteiger partial charge >= 0.3 is 0 Å². The molecule has 20 heavy (non-hydrogen) atoms. The zero-order valence-corrected chi connectivity index (χ0v) is 13.0. The minimum absolute atomic E-state index is 0.134. The van der Waals surface area contributed by atoms with Crippen molar-refractivity contribution >= 4 is 11.3 Å². The van der Waals surface area contributed by atoms with Crippen LogP contribution in [0.25, 0.3) is 0 Å². The lowest BCUT2D eigenvalue weighted by atomic mass is 9.74. The van der Waals surface area contributed by atoms with Crippen LogP contribution in [0.5, 0.6) is 0 Å². The van der Waals surface area contributed by atoms with Gasteiger partial charge in [0.05, 0.1) is 22.8 Å². The van der Waals surface area contributed by atoms with Gasteiger partial charge in [0.25, 0.3) is 0 Å². The van der Waals surface area contributed by atoms with Crippen molar-refractivity contribution in [1.82, 2.24) is 10.4 Å². The molecule has 2 aliphatic rings. The van der Waals surface area contributed by atoms with Gasteiger partial charge in [0.15, 0.2) is 0 Å². The fourth-order valence-electron chi connectivity index (χ4n) is 3.93. The summed E-state index contributed by atoms with van der Waals surface area (Å²) in [6, 6.07) is 0.227. The highest BCUT2D eigenvalue weighted by atomic mass is 32.1. The second-order valence-corrected chi connectivity index (χ2v) is 7.18. The maximum Gasteiger partial charge on any atom is 0.0798 e. The van der Waals surface area contributed by atoms with Crippen molar-refractivity contribution in [1.29, 1.82) is 0 Å². The van der Waals surface area contributed by atoms with E-state index in [4.69, 9.17) is 10.6 Å². The summed E-state index contributed by atoms with van der Waals surface area (Å²) in [5.41, 5.74) is 6.22. The standard InChI is InChI=1S/C15H25N3OS/c1-11-14(20-10-17-11)13(18-16)12-5-8-19-15(9-12)6-3-2-4-7-15/h10,12-13,18H,2-9,16H2,1H3. The summed E-state index contributed by atoms with van der Waals surface area (Å²) in [4.78, 5) is 5.67.